The number of anilines is 1. The van der Waals surface area contributed by atoms with Crippen LogP contribution in [-0.4, -0.2) is 12.1 Å². The van der Waals surface area contributed by atoms with Gasteiger partial charge < -0.3 is 10.1 Å². The number of nitrogens with one attached hydrogen (secondary N) is 1. The summed E-state index contributed by atoms with van der Waals surface area (Å²) in [6.45, 7) is 0.481. The molecule has 1 aromatic heterocycles. The van der Waals surface area contributed by atoms with Gasteiger partial charge in [-0.05, 0) is 12.1 Å². The van der Waals surface area contributed by atoms with Gasteiger partial charge in [-0.25, -0.2) is 9.37 Å². The second-order valence-corrected chi connectivity index (χ2v) is 4.98. The van der Waals surface area contributed by atoms with E-state index in [1.54, 1.807) is 25.4 Å². The van der Waals surface area contributed by atoms with E-state index in [9.17, 15) is 4.39 Å². The zero-order valence-corrected chi connectivity index (χ0v) is 10.6. The summed E-state index contributed by atoms with van der Waals surface area (Å²) in [5.74, 6) is 0.289. The number of thiazole rings is 1. The molecule has 0 amide bonds. The molecular formula is C11H10ClFN2OS. The molecule has 1 heterocycles. The van der Waals surface area contributed by atoms with Crippen LogP contribution < -0.4 is 10.1 Å². The van der Waals surface area contributed by atoms with Gasteiger partial charge in [0.05, 0.1) is 19.3 Å². The number of rotatable bonds is 4. The molecule has 90 valence electrons. The van der Waals surface area contributed by atoms with E-state index < -0.39 is 0 Å². The van der Waals surface area contributed by atoms with Crippen molar-refractivity contribution in [3.63, 3.8) is 0 Å². The summed E-state index contributed by atoms with van der Waals surface area (Å²) in [5, 5.41) is 2.97. The minimum Gasteiger partial charge on any atom is -0.497 e. The lowest BCUT2D eigenvalue weighted by Gasteiger charge is -2.07. The van der Waals surface area contributed by atoms with Crippen LogP contribution in [0.5, 0.6) is 5.75 Å². The van der Waals surface area contributed by atoms with Crippen LogP contribution in [0.25, 0.3) is 0 Å². The first-order chi connectivity index (χ1) is 8.19. The van der Waals surface area contributed by atoms with E-state index in [0.717, 1.165) is 4.88 Å². The predicted octanol–water partition coefficient (Wildman–Crippen LogP) is 3.56. The maximum atomic E-state index is 13.5. The van der Waals surface area contributed by atoms with Crippen LogP contribution in [0.1, 0.15) is 4.88 Å². The van der Waals surface area contributed by atoms with Crippen molar-refractivity contribution in [1.29, 1.82) is 0 Å². The summed E-state index contributed by atoms with van der Waals surface area (Å²) < 4.78 is 19.0. The fourth-order valence-corrected chi connectivity index (χ4v) is 2.23. The second-order valence-electron chi connectivity index (χ2n) is 3.28. The molecule has 0 fully saturated rings. The first-order valence-electron chi connectivity index (χ1n) is 4.86. The molecule has 2 rings (SSSR count). The molecule has 0 atom stereocenters. The lowest BCUT2D eigenvalue weighted by Crippen LogP contribution is -2.00. The van der Waals surface area contributed by atoms with Gasteiger partial charge in [0.25, 0.3) is 0 Å². The Morgan fingerprint density at radius 2 is 2.35 bits per heavy atom. The zero-order chi connectivity index (χ0) is 12.3. The van der Waals surface area contributed by atoms with Crippen LogP contribution in [0, 0.1) is 5.82 Å². The molecule has 0 radical (unpaired) electrons. The maximum Gasteiger partial charge on any atom is 0.183 e. The Balaban J connectivity index is 2.07. The number of nitrogens with zero attached hydrogens (tertiary/aromatic N) is 1. The third kappa shape index (κ3) is 3.08. The number of hydrogen-bond donors (Lipinski definition) is 1. The molecule has 0 saturated carbocycles. The van der Waals surface area contributed by atoms with E-state index in [0.29, 0.717) is 22.4 Å². The molecular weight excluding hydrogens is 263 g/mol. The molecule has 0 aliphatic heterocycles. The lowest BCUT2D eigenvalue weighted by atomic mass is 10.3. The van der Waals surface area contributed by atoms with E-state index in [1.165, 1.54) is 17.4 Å². The van der Waals surface area contributed by atoms with Crippen LogP contribution in [0.4, 0.5) is 10.1 Å². The highest BCUT2D eigenvalue weighted by atomic mass is 35.5. The molecule has 0 unspecified atom stereocenters. The molecule has 0 saturated heterocycles. The number of aromatic nitrogens is 1. The lowest BCUT2D eigenvalue weighted by molar-refractivity contribution is 0.414. The molecule has 6 heteroatoms. The van der Waals surface area contributed by atoms with Crippen LogP contribution in [0.2, 0.25) is 4.47 Å². The average Bonchev–Trinajstić information content (AvgIpc) is 2.74. The SMILES string of the molecule is COc1ccc(F)c(NCc2cnc(Cl)s2)c1. The number of halogens is 2. The van der Waals surface area contributed by atoms with Gasteiger partial charge in [0, 0.05) is 17.1 Å². The van der Waals surface area contributed by atoms with Crippen LogP contribution in [0.3, 0.4) is 0 Å². The molecule has 3 nitrogen and oxygen atoms in total. The Morgan fingerprint density at radius 1 is 1.53 bits per heavy atom. The average molecular weight is 273 g/mol. The highest BCUT2D eigenvalue weighted by Gasteiger charge is 2.05. The fraction of sp³-hybridized carbons (Fsp3) is 0.182. The Hall–Kier alpha value is -1.33. The quantitative estimate of drug-likeness (QED) is 0.924. The van der Waals surface area contributed by atoms with Gasteiger partial charge in [-0.1, -0.05) is 11.6 Å². The summed E-state index contributed by atoms with van der Waals surface area (Å²) >= 11 is 7.07. The van der Waals surface area contributed by atoms with Gasteiger partial charge in [0.1, 0.15) is 11.6 Å². The third-order valence-electron chi connectivity index (χ3n) is 2.15. The smallest absolute Gasteiger partial charge is 0.183 e. The normalized spacial score (nSPS) is 10.3. The summed E-state index contributed by atoms with van der Waals surface area (Å²) in [6, 6.07) is 4.54. The number of ether oxygens (including phenoxy) is 1. The van der Waals surface area contributed by atoms with Crippen molar-refractivity contribution in [1.82, 2.24) is 4.98 Å². The van der Waals surface area contributed by atoms with Crippen molar-refractivity contribution >= 4 is 28.6 Å². The summed E-state index contributed by atoms with van der Waals surface area (Å²) in [7, 11) is 1.54. The highest BCUT2D eigenvalue weighted by Crippen LogP contribution is 2.23. The molecule has 2 aromatic rings. The summed E-state index contributed by atoms with van der Waals surface area (Å²) in [6.07, 6.45) is 1.66. The van der Waals surface area contributed by atoms with E-state index in [-0.39, 0.29) is 5.82 Å². The standard InChI is InChI=1S/C11H10ClFN2OS/c1-16-7-2-3-9(13)10(4-7)14-5-8-6-15-11(12)17-8/h2-4,6,14H,5H2,1H3. The Kier molecular flexibility index (Phi) is 3.81. The van der Waals surface area contributed by atoms with E-state index in [2.05, 4.69) is 10.3 Å². The molecule has 0 spiro atoms. The van der Waals surface area contributed by atoms with Crippen molar-refractivity contribution in [2.45, 2.75) is 6.54 Å². The van der Waals surface area contributed by atoms with Gasteiger partial charge in [0.2, 0.25) is 0 Å². The summed E-state index contributed by atoms with van der Waals surface area (Å²) in [5.41, 5.74) is 0.397. The first-order valence-corrected chi connectivity index (χ1v) is 6.06. The minimum atomic E-state index is -0.318. The van der Waals surface area contributed by atoms with Gasteiger partial charge >= 0.3 is 0 Å². The van der Waals surface area contributed by atoms with E-state index >= 15 is 0 Å². The topological polar surface area (TPSA) is 34.1 Å². The molecule has 1 N–H and O–H groups in total. The Bertz CT molecular complexity index is 518. The number of benzene rings is 1. The van der Waals surface area contributed by atoms with Gasteiger partial charge in [-0.2, -0.15) is 0 Å². The third-order valence-corrected chi connectivity index (χ3v) is 3.27. The van der Waals surface area contributed by atoms with E-state index in [1.807, 2.05) is 0 Å². The minimum absolute atomic E-state index is 0.318. The fourth-order valence-electron chi connectivity index (χ4n) is 1.31. The van der Waals surface area contributed by atoms with Crippen LogP contribution in [-0.2, 0) is 6.54 Å². The first kappa shape index (κ1) is 12.1. The van der Waals surface area contributed by atoms with Crippen molar-refractivity contribution in [3.05, 3.63) is 39.6 Å². The molecule has 17 heavy (non-hydrogen) atoms. The Morgan fingerprint density at radius 3 is 3.00 bits per heavy atom. The van der Waals surface area contributed by atoms with Gasteiger partial charge in [-0.15, -0.1) is 11.3 Å². The second kappa shape index (κ2) is 5.33. The van der Waals surface area contributed by atoms with Crippen molar-refractivity contribution in [2.75, 3.05) is 12.4 Å². The molecule has 0 bridgehead atoms. The monoisotopic (exact) mass is 272 g/mol. The molecule has 0 aliphatic carbocycles. The predicted molar refractivity (Wildman–Crippen MR) is 67.4 cm³/mol. The molecule has 1 aromatic carbocycles. The van der Waals surface area contributed by atoms with Crippen LogP contribution in [0.15, 0.2) is 24.4 Å². The van der Waals surface area contributed by atoms with Gasteiger partial charge in [0.15, 0.2) is 4.47 Å². The van der Waals surface area contributed by atoms with Crippen molar-refractivity contribution < 1.29 is 9.13 Å². The van der Waals surface area contributed by atoms with Crippen molar-refractivity contribution in [2.24, 2.45) is 0 Å². The van der Waals surface area contributed by atoms with Gasteiger partial charge in [-0.3, -0.25) is 0 Å². The number of methoxy groups -OCH3 is 1. The zero-order valence-electron chi connectivity index (χ0n) is 9.04. The molecule has 0 aliphatic rings. The number of hydrogen-bond acceptors (Lipinski definition) is 4. The Labute approximate surface area is 107 Å². The van der Waals surface area contributed by atoms with Crippen LogP contribution >= 0.6 is 22.9 Å². The highest BCUT2D eigenvalue weighted by molar-refractivity contribution is 7.15. The maximum absolute atomic E-state index is 13.5. The largest absolute Gasteiger partial charge is 0.497 e. The van der Waals surface area contributed by atoms with Crippen molar-refractivity contribution in [3.8, 4) is 5.75 Å². The van der Waals surface area contributed by atoms with E-state index in [4.69, 9.17) is 16.3 Å². The summed E-state index contributed by atoms with van der Waals surface area (Å²) in [4.78, 5) is 4.85.